The molecule has 0 amide bonds. The van der Waals surface area contributed by atoms with Gasteiger partial charge in [-0.1, -0.05) is 220 Å². The Morgan fingerprint density at radius 2 is 0.919 bits per heavy atom. The lowest BCUT2D eigenvalue weighted by atomic mass is 9.71. The molecule has 0 spiro atoms. The van der Waals surface area contributed by atoms with Crippen LogP contribution in [0.15, 0.2) is 184 Å². The van der Waals surface area contributed by atoms with Gasteiger partial charge in [0.2, 0.25) is 0 Å². The summed E-state index contributed by atoms with van der Waals surface area (Å²) < 4.78 is 10.6. The van der Waals surface area contributed by atoms with Gasteiger partial charge in [-0.05, 0) is 60.4 Å². The predicted molar refractivity (Wildman–Crippen MR) is 264 cm³/mol. The van der Waals surface area contributed by atoms with Gasteiger partial charge in [-0.15, -0.1) is 0 Å². The molecule has 62 heavy (non-hydrogen) atoms. The first-order chi connectivity index (χ1) is 30.1. The Hall–Kier alpha value is -6.47. The van der Waals surface area contributed by atoms with Gasteiger partial charge in [-0.3, -0.25) is 9.36 Å². The zero-order valence-corrected chi connectivity index (χ0v) is 39.8. The zero-order valence-electron chi connectivity index (χ0n) is 39.8. The molecule has 0 saturated heterocycles. The number of aryl methyl sites for hydroxylation is 2. The second-order valence-electron chi connectivity index (χ2n) is 12.1. The minimum atomic E-state index is -0.635. The summed E-state index contributed by atoms with van der Waals surface area (Å²) in [5.41, 5.74) is 6.02. The zero-order chi connectivity index (χ0) is 47.3. The van der Waals surface area contributed by atoms with Gasteiger partial charge >= 0.3 is 17.4 Å². The highest BCUT2D eigenvalue weighted by atomic mass is 16.5. The lowest BCUT2D eigenvalue weighted by molar-refractivity contribution is -0.142. The summed E-state index contributed by atoms with van der Waals surface area (Å²) in [6.45, 7) is 26.1. The fourth-order valence-corrected chi connectivity index (χ4v) is 5.36. The largest absolute Gasteiger partial charge is 0.508 e. The number of aromatic hydroxyl groups is 1. The summed E-state index contributed by atoms with van der Waals surface area (Å²) in [6, 6.07) is 55.6. The van der Waals surface area contributed by atoms with E-state index in [0.29, 0.717) is 23.3 Å². The molecule has 0 bridgehead atoms. The smallest absolute Gasteiger partial charge is 0.422 e. The first kappa shape index (κ1) is 57.6. The van der Waals surface area contributed by atoms with Crippen molar-refractivity contribution in [2.75, 3.05) is 0 Å². The minimum absolute atomic E-state index is 0.121. The van der Waals surface area contributed by atoms with Crippen molar-refractivity contribution in [2.45, 2.75) is 102 Å². The molecule has 0 aliphatic carbocycles. The number of aromatic nitrogens is 1. The van der Waals surface area contributed by atoms with Gasteiger partial charge in [0.1, 0.15) is 12.4 Å². The Bertz CT molecular complexity index is 2110. The van der Waals surface area contributed by atoms with Gasteiger partial charge < -0.3 is 14.3 Å². The summed E-state index contributed by atoms with van der Waals surface area (Å²) in [6.07, 6.45) is 0. The highest BCUT2D eigenvalue weighted by Gasteiger charge is 2.30. The van der Waals surface area contributed by atoms with E-state index in [9.17, 15) is 14.4 Å². The molecule has 0 fully saturated rings. The van der Waals surface area contributed by atoms with Crippen LogP contribution in [0.3, 0.4) is 0 Å². The fraction of sp³-hybridized carbons (Fsp3) is 0.291. The number of para-hydroxylation sites is 1. The van der Waals surface area contributed by atoms with Crippen LogP contribution < -0.4 is 11.4 Å². The van der Waals surface area contributed by atoms with Gasteiger partial charge in [0.25, 0.3) is 0 Å². The first-order valence-electron chi connectivity index (χ1n) is 21.8. The van der Waals surface area contributed by atoms with Gasteiger partial charge in [-0.25, -0.2) is 9.59 Å². The number of phenols is 1. The Morgan fingerprint density at radius 1 is 0.565 bits per heavy atom. The van der Waals surface area contributed by atoms with Crippen molar-refractivity contribution in [3.8, 4) is 5.75 Å². The van der Waals surface area contributed by atoms with E-state index in [-0.39, 0.29) is 11.4 Å². The molecule has 6 aromatic carbocycles. The summed E-state index contributed by atoms with van der Waals surface area (Å²) in [7, 11) is 1.56. The molecule has 7 heteroatoms. The number of carbonyl (C=O) groups is 1. The summed E-state index contributed by atoms with van der Waals surface area (Å²) in [5, 5.41) is 9.18. The van der Waals surface area contributed by atoms with Crippen LogP contribution in [0.2, 0.25) is 0 Å². The van der Waals surface area contributed by atoms with Crippen molar-refractivity contribution >= 4 is 16.9 Å². The molecule has 7 nitrogen and oxygen atoms in total. The van der Waals surface area contributed by atoms with Gasteiger partial charge in [0, 0.05) is 19.4 Å². The predicted octanol–water partition coefficient (Wildman–Crippen LogP) is 14.1. The molecule has 1 N–H and O–H groups in total. The van der Waals surface area contributed by atoms with E-state index in [2.05, 4.69) is 102 Å². The molecule has 0 atom stereocenters. The lowest BCUT2D eigenvalue weighted by Crippen LogP contribution is -2.25. The number of nitrogens with zero attached hydrogens (tertiary/aromatic N) is 1. The average molecular weight is 844 g/mol. The Labute approximate surface area is 372 Å². The second kappa shape index (κ2) is 35.3. The molecule has 0 radical (unpaired) electrons. The Kier molecular flexibility index (Phi) is 32.8. The maximum Gasteiger partial charge on any atom is 0.422 e. The Balaban J connectivity index is 0. The van der Waals surface area contributed by atoms with Crippen LogP contribution in [0.5, 0.6) is 5.75 Å². The molecule has 1 heterocycles. The van der Waals surface area contributed by atoms with Crippen LogP contribution >= 0.6 is 0 Å². The van der Waals surface area contributed by atoms with Crippen molar-refractivity contribution in [1.29, 1.82) is 0 Å². The monoisotopic (exact) mass is 844 g/mol. The van der Waals surface area contributed by atoms with Crippen molar-refractivity contribution in [1.82, 2.24) is 4.57 Å². The summed E-state index contributed by atoms with van der Waals surface area (Å²) in [5.74, 6) is -0.548. The SMILES string of the molecule is CC.CC.CC.CC.CC.CC(=O)OCc1ccccc1.CC(c1ccccc1)(c1ccccc1)c1ccccc1.Cc1ccc(O)cc1.Cn1c(=O)oc(=O)c2ccccc21. The standard InChI is InChI=1S/C20H18.C9H7NO3.C9H10O2.C7H8O.5C2H6/c1-20(17-11-5-2-6-12-17,18-13-7-3-8-14-18)19-15-9-4-10-16-19;1-10-7-5-3-2-4-6(7)8(11)13-9(10)12;1-8(10)11-7-9-5-3-2-4-6-9;1-6-2-4-7(8)5-3-6;5*1-2/h2-16H,1H3;2-5H,1H3;2-6H,7H2,1H3;2-5,8H,1H3;5*1-2H3. The third-order valence-corrected chi connectivity index (χ3v) is 8.31. The van der Waals surface area contributed by atoms with Gasteiger partial charge in [-0.2, -0.15) is 0 Å². The van der Waals surface area contributed by atoms with Crippen LogP contribution in [0.4, 0.5) is 0 Å². The van der Waals surface area contributed by atoms with E-state index < -0.39 is 11.4 Å². The maximum absolute atomic E-state index is 11.2. The molecule has 0 unspecified atom stereocenters. The number of benzene rings is 6. The number of fused-ring (bicyclic) bond motifs is 1. The van der Waals surface area contributed by atoms with Crippen molar-refractivity contribution in [3.63, 3.8) is 0 Å². The van der Waals surface area contributed by atoms with E-state index >= 15 is 0 Å². The average Bonchev–Trinajstić information content (AvgIpc) is 3.36. The molecule has 7 aromatic rings. The number of hydrogen-bond donors (Lipinski definition) is 1. The molecule has 0 saturated carbocycles. The number of carbonyl (C=O) groups excluding carboxylic acids is 1. The van der Waals surface area contributed by atoms with Crippen LogP contribution in [-0.2, 0) is 28.6 Å². The second-order valence-corrected chi connectivity index (χ2v) is 12.1. The number of hydrogen-bond acceptors (Lipinski definition) is 6. The maximum atomic E-state index is 11.2. The topological polar surface area (TPSA) is 98.7 Å². The molecule has 7 rings (SSSR count). The molecule has 0 aliphatic heterocycles. The number of esters is 1. The molecule has 0 aliphatic rings. The van der Waals surface area contributed by atoms with Crippen LogP contribution in [0.1, 0.15) is 111 Å². The van der Waals surface area contributed by atoms with E-state index in [1.807, 2.05) is 119 Å². The lowest BCUT2D eigenvalue weighted by Gasteiger charge is -2.31. The fourth-order valence-electron chi connectivity index (χ4n) is 5.36. The third-order valence-electron chi connectivity index (χ3n) is 8.31. The number of rotatable bonds is 5. The molecular formula is C55H73NO6. The molecule has 1 aromatic heterocycles. The first-order valence-corrected chi connectivity index (χ1v) is 21.8. The highest BCUT2D eigenvalue weighted by Crippen LogP contribution is 2.38. The molecule has 334 valence electrons. The normalized spacial score (nSPS) is 9.13. The van der Waals surface area contributed by atoms with Gasteiger partial charge in [0.15, 0.2) is 0 Å². The van der Waals surface area contributed by atoms with E-state index in [4.69, 9.17) is 9.84 Å². The van der Waals surface area contributed by atoms with Crippen LogP contribution in [0.25, 0.3) is 10.9 Å². The van der Waals surface area contributed by atoms with E-state index in [0.717, 1.165) is 5.56 Å². The third kappa shape index (κ3) is 20.2. The minimum Gasteiger partial charge on any atom is -0.508 e. The van der Waals surface area contributed by atoms with Crippen LogP contribution in [0, 0.1) is 6.92 Å². The summed E-state index contributed by atoms with van der Waals surface area (Å²) in [4.78, 5) is 32.6. The number of phenolic OH excluding ortho intramolecular Hbond substituents is 1. The Morgan fingerprint density at radius 3 is 1.29 bits per heavy atom. The molecular weight excluding hydrogens is 771 g/mol. The van der Waals surface area contributed by atoms with E-state index in [1.165, 1.54) is 33.7 Å². The quantitative estimate of drug-likeness (QED) is 0.137. The van der Waals surface area contributed by atoms with Crippen molar-refractivity contribution in [2.24, 2.45) is 7.05 Å². The van der Waals surface area contributed by atoms with Crippen molar-refractivity contribution < 1.29 is 19.1 Å². The van der Waals surface area contributed by atoms with E-state index in [1.54, 1.807) is 43.4 Å². The van der Waals surface area contributed by atoms with Gasteiger partial charge in [0.05, 0.1) is 10.9 Å². The van der Waals surface area contributed by atoms with Crippen LogP contribution in [-0.4, -0.2) is 15.6 Å². The number of ether oxygens (including phenoxy) is 1. The summed E-state index contributed by atoms with van der Waals surface area (Å²) >= 11 is 0. The van der Waals surface area contributed by atoms with Crippen molar-refractivity contribution in [3.05, 3.63) is 219 Å². The highest BCUT2D eigenvalue weighted by molar-refractivity contribution is 5.77.